The number of rotatable bonds is 4. The Morgan fingerprint density at radius 1 is 1.20 bits per heavy atom. The summed E-state index contributed by atoms with van der Waals surface area (Å²) < 4.78 is 5.49. The van der Waals surface area contributed by atoms with Crippen molar-refractivity contribution in [3.8, 4) is 0 Å². The number of likely N-dealkylation sites (N-methyl/N-ethyl adjacent to an activating group) is 1. The molecule has 0 aliphatic heterocycles. The summed E-state index contributed by atoms with van der Waals surface area (Å²) in [6.45, 7) is 3.95. The van der Waals surface area contributed by atoms with Gasteiger partial charge in [0.2, 0.25) is 0 Å². The summed E-state index contributed by atoms with van der Waals surface area (Å²) in [5.41, 5.74) is 3.37. The molecule has 1 N–H and O–H groups in total. The van der Waals surface area contributed by atoms with Crippen LogP contribution < -0.4 is 5.32 Å². The van der Waals surface area contributed by atoms with E-state index in [4.69, 9.17) is 9.72 Å². The van der Waals surface area contributed by atoms with Gasteiger partial charge >= 0.3 is 5.97 Å². The number of nitrogens with one attached hydrogen (secondary N) is 1. The third kappa shape index (κ3) is 3.65. The SMILES string of the molecule is CCNC(=O)[C@@H](C)OC(=O)c1c2c(nc3ccccc13)CCCCC2. The van der Waals surface area contributed by atoms with Gasteiger partial charge in [-0.25, -0.2) is 4.79 Å². The Morgan fingerprint density at radius 2 is 1.96 bits per heavy atom. The minimum atomic E-state index is -0.819. The predicted octanol–water partition coefficient (Wildman–Crippen LogP) is 3.19. The second-order valence-corrected chi connectivity index (χ2v) is 6.43. The molecule has 0 fully saturated rings. The van der Waals surface area contributed by atoms with E-state index in [0.29, 0.717) is 12.1 Å². The number of amides is 1. The first kappa shape index (κ1) is 17.4. The predicted molar refractivity (Wildman–Crippen MR) is 96.6 cm³/mol. The van der Waals surface area contributed by atoms with Crippen LogP contribution in [0.5, 0.6) is 0 Å². The summed E-state index contributed by atoms with van der Waals surface area (Å²) in [5.74, 6) is -0.712. The van der Waals surface area contributed by atoms with Gasteiger partial charge in [0.05, 0.1) is 11.1 Å². The van der Waals surface area contributed by atoms with Crippen molar-refractivity contribution in [2.75, 3.05) is 6.54 Å². The Labute approximate surface area is 147 Å². The minimum absolute atomic E-state index is 0.277. The van der Waals surface area contributed by atoms with Crippen LogP contribution in [-0.4, -0.2) is 29.5 Å². The summed E-state index contributed by atoms with van der Waals surface area (Å²) in [5, 5.41) is 3.49. The van der Waals surface area contributed by atoms with Crippen molar-refractivity contribution >= 4 is 22.8 Å². The van der Waals surface area contributed by atoms with E-state index < -0.39 is 12.1 Å². The van der Waals surface area contributed by atoms with Gasteiger partial charge in [-0.15, -0.1) is 0 Å². The molecule has 25 heavy (non-hydrogen) atoms. The number of hydrogen-bond acceptors (Lipinski definition) is 4. The highest BCUT2D eigenvalue weighted by atomic mass is 16.5. The van der Waals surface area contributed by atoms with E-state index in [1.165, 1.54) is 0 Å². The Balaban J connectivity index is 2.03. The second kappa shape index (κ2) is 7.64. The fourth-order valence-corrected chi connectivity index (χ4v) is 3.37. The molecule has 1 amide bonds. The van der Waals surface area contributed by atoms with E-state index in [9.17, 15) is 9.59 Å². The zero-order valence-corrected chi connectivity index (χ0v) is 14.8. The van der Waals surface area contributed by atoms with E-state index in [-0.39, 0.29) is 5.91 Å². The first-order chi connectivity index (χ1) is 12.1. The van der Waals surface area contributed by atoms with Gasteiger partial charge < -0.3 is 10.1 Å². The van der Waals surface area contributed by atoms with Gasteiger partial charge in [0, 0.05) is 17.6 Å². The monoisotopic (exact) mass is 340 g/mol. The number of carbonyl (C=O) groups excluding carboxylic acids is 2. The lowest BCUT2D eigenvalue weighted by atomic mass is 9.97. The maximum Gasteiger partial charge on any atom is 0.339 e. The number of esters is 1. The maximum absolute atomic E-state index is 12.9. The molecule has 1 aromatic carbocycles. The molecule has 3 rings (SSSR count). The highest BCUT2D eigenvalue weighted by molar-refractivity contribution is 6.05. The van der Waals surface area contributed by atoms with Crippen LogP contribution in [-0.2, 0) is 22.4 Å². The first-order valence-electron chi connectivity index (χ1n) is 9.01. The topological polar surface area (TPSA) is 68.3 Å². The third-order valence-corrected chi connectivity index (χ3v) is 4.63. The van der Waals surface area contributed by atoms with Crippen molar-refractivity contribution in [2.24, 2.45) is 0 Å². The van der Waals surface area contributed by atoms with Crippen molar-refractivity contribution in [1.82, 2.24) is 10.3 Å². The standard InChI is InChI=1S/C20H24N2O3/c1-3-21-19(23)13(2)25-20(24)18-14-9-5-4-6-11-16(14)22-17-12-8-7-10-15(17)18/h7-8,10,12-13H,3-6,9,11H2,1-2H3,(H,21,23)/t13-/m1/s1. The molecule has 1 heterocycles. The minimum Gasteiger partial charge on any atom is -0.449 e. The van der Waals surface area contributed by atoms with Crippen LogP contribution in [0, 0.1) is 0 Å². The summed E-state index contributed by atoms with van der Waals surface area (Å²) in [6.07, 6.45) is 4.15. The van der Waals surface area contributed by atoms with Crippen molar-refractivity contribution in [3.63, 3.8) is 0 Å². The van der Waals surface area contributed by atoms with Crippen molar-refractivity contribution in [3.05, 3.63) is 41.1 Å². The molecular weight excluding hydrogens is 316 g/mol. The molecule has 0 saturated heterocycles. The molecule has 1 aromatic heterocycles. The number of hydrogen-bond donors (Lipinski definition) is 1. The molecule has 0 spiro atoms. The van der Waals surface area contributed by atoms with Crippen molar-refractivity contribution < 1.29 is 14.3 Å². The number of fused-ring (bicyclic) bond motifs is 2. The Kier molecular flexibility index (Phi) is 5.31. The fraction of sp³-hybridized carbons (Fsp3) is 0.450. The van der Waals surface area contributed by atoms with Crippen LogP contribution in [0.1, 0.15) is 54.7 Å². The highest BCUT2D eigenvalue weighted by Gasteiger charge is 2.25. The van der Waals surface area contributed by atoms with E-state index in [2.05, 4.69) is 5.32 Å². The zero-order chi connectivity index (χ0) is 17.8. The molecule has 0 radical (unpaired) electrons. The van der Waals surface area contributed by atoms with Crippen LogP contribution in [0.3, 0.4) is 0 Å². The Bertz CT molecular complexity index is 801. The van der Waals surface area contributed by atoms with Gasteiger partial charge in [-0.2, -0.15) is 0 Å². The van der Waals surface area contributed by atoms with E-state index >= 15 is 0 Å². The number of pyridine rings is 1. The van der Waals surface area contributed by atoms with Crippen molar-refractivity contribution in [2.45, 2.75) is 52.1 Å². The van der Waals surface area contributed by atoms with Gasteiger partial charge in [0.15, 0.2) is 6.10 Å². The molecule has 1 atom stereocenters. The lowest BCUT2D eigenvalue weighted by molar-refractivity contribution is -0.128. The number of nitrogens with zero attached hydrogens (tertiary/aromatic N) is 1. The van der Waals surface area contributed by atoms with Crippen LogP contribution >= 0.6 is 0 Å². The Hall–Kier alpha value is -2.43. The summed E-state index contributed by atoms with van der Waals surface area (Å²) in [6, 6.07) is 7.65. The average Bonchev–Trinajstić information content (AvgIpc) is 2.84. The van der Waals surface area contributed by atoms with Crippen LogP contribution in [0.4, 0.5) is 0 Å². The summed E-state index contributed by atoms with van der Waals surface area (Å²) in [7, 11) is 0. The number of carbonyl (C=O) groups is 2. The molecule has 2 aromatic rings. The largest absolute Gasteiger partial charge is 0.449 e. The molecule has 5 nitrogen and oxygen atoms in total. The fourth-order valence-electron chi connectivity index (χ4n) is 3.37. The summed E-state index contributed by atoms with van der Waals surface area (Å²) >= 11 is 0. The molecular formula is C20H24N2O3. The number of para-hydroxylation sites is 1. The molecule has 0 bridgehead atoms. The number of ether oxygens (including phenoxy) is 1. The maximum atomic E-state index is 12.9. The van der Waals surface area contributed by atoms with Gasteiger partial charge in [0.25, 0.3) is 5.91 Å². The smallest absolute Gasteiger partial charge is 0.339 e. The first-order valence-corrected chi connectivity index (χ1v) is 9.01. The van der Waals surface area contributed by atoms with E-state index in [0.717, 1.165) is 54.3 Å². The number of aryl methyl sites for hydroxylation is 1. The lowest BCUT2D eigenvalue weighted by Gasteiger charge is -2.17. The number of aromatic nitrogens is 1. The third-order valence-electron chi connectivity index (χ3n) is 4.63. The molecule has 1 aliphatic rings. The normalized spacial score (nSPS) is 15.1. The molecule has 5 heteroatoms. The van der Waals surface area contributed by atoms with Crippen LogP contribution in [0.25, 0.3) is 10.9 Å². The summed E-state index contributed by atoms with van der Waals surface area (Å²) in [4.78, 5) is 29.6. The van der Waals surface area contributed by atoms with Gasteiger partial charge in [0.1, 0.15) is 0 Å². The molecule has 1 aliphatic carbocycles. The highest BCUT2D eigenvalue weighted by Crippen LogP contribution is 2.29. The quantitative estimate of drug-likeness (QED) is 0.685. The molecule has 0 unspecified atom stereocenters. The van der Waals surface area contributed by atoms with E-state index in [1.54, 1.807) is 6.92 Å². The number of benzene rings is 1. The lowest BCUT2D eigenvalue weighted by Crippen LogP contribution is -2.35. The Morgan fingerprint density at radius 3 is 2.76 bits per heavy atom. The van der Waals surface area contributed by atoms with Gasteiger partial charge in [-0.1, -0.05) is 24.6 Å². The average molecular weight is 340 g/mol. The van der Waals surface area contributed by atoms with Crippen LogP contribution in [0.15, 0.2) is 24.3 Å². The zero-order valence-electron chi connectivity index (χ0n) is 14.8. The van der Waals surface area contributed by atoms with Gasteiger partial charge in [-0.3, -0.25) is 9.78 Å². The molecule has 132 valence electrons. The van der Waals surface area contributed by atoms with Gasteiger partial charge in [-0.05, 0) is 51.2 Å². The second-order valence-electron chi connectivity index (χ2n) is 6.43. The molecule has 0 saturated carbocycles. The van der Waals surface area contributed by atoms with Crippen molar-refractivity contribution in [1.29, 1.82) is 0 Å². The van der Waals surface area contributed by atoms with Crippen LogP contribution in [0.2, 0.25) is 0 Å². The van der Waals surface area contributed by atoms with E-state index in [1.807, 2.05) is 31.2 Å².